The number of fused-ring (bicyclic) bond motifs is 3. The van der Waals surface area contributed by atoms with Gasteiger partial charge in [-0.05, 0) is 12.1 Å². The van der Waals surface area contributed by atoms with E-state index in [2.05, 4.69) is 15.1 Å². The van der Waals surface area contributed by atoms with Gasteiger partial charge >= 0.3 is 11.3 Å². The van der Waals surface area contributed by atoms with Gasteiger partial charge in [0.1, 0.15) is 12.6 Å². The Labute approximate surface area is 107 Å². The summed E-state index contributed by atoms with van der Waals surface area (Å²) >= 11 is 0. The number of aliphatic imine (C=N–C) groups is 1. The minimum absolute atomic E-state index is 0.155. The Balaban J connectivity index is 2.65. The van der Waals surface area contributed by atoms with E-state index in [4.69, 9.17) is 0 Å². The normalized spacial score (nSPS) is 12.4. The summed E-state index contributed by atoms with van der Waals surface area (Å²) in [5, 5.41) is 14.5. The topological polar surface area (TPSA) is 89.5 Å². The summed E-state index contributed by atoms with van der Waals surface area (Å²) in [6, 6.07) is 7.15. The Morgan fingerprint density at radius 3 is 2.95 bits per heavy atom. The van der Waals surface area contributed by atoms with Crippen molar-refractivity contribution in [3.05, 3.63) is 40.4 Å². The number of hydrogen-bond donors (Lipinski definition) is 1. The summed E-state index contributed by atoms with van der Waals surface area (Å²) in [5.41, 5.74) is 1.46. The fourth-order valence-electron chi connectivity index (χ4n) is 2.15. The zero-order valence-corrected chi connectivity index (χ0v) is 10.4. The highest BCUT2D eigenvalue weighted by molar-refractivity contribution is 5.96. The molecule has 0 bridgehead atoms. The molecule has 96 valence electrons. The predicted octanol–water partition coefficient (Wildman–Crippen LogP) is -1.26. The van der Waals surface area contributed by atoms with Crippen LogP contribution in [-0.2, 0) is 7.05 Å². The molecule has 0 aliphatic rings. The van der Waals surface area contributed by atoms with Crippen molar-refractivity contribution in [3.63, 3.8) is 0 Å². The minimum Gasteiger partial charge on any atom is -0.857 e. The number of aromatic amines is 1. The zero-order valence-electron chi connectivity index (χ0n) is 10.4. The molecule has 3 aromatic rings. The summed E-state index contributed by atoms with van der Waals surface area (Å²) < 4.78 is 2.90. The van der Waals surface area contributed by atoms with E-state index in [0.29, 0.717) is 16.7 Å². The molecule has 0 radical (unpaired) electrons. The van der Waals surface area contributed by atoms with E-state index in [9.17, 15) is 9.90 Å². The predicted molar refractivity (Wildman–Crippen MR) is 67.0 cm³/mol. The molecular weight excluding hydrogens is 246 g/mol. The van der Waals surface area contributed by atoms with Gasteiger partial charge < -0.3 is 10.1 Å². The molecule has 0 unspecified atom stereocenters. The second-order valence-electron chi connectivity index (χ2n) is 4.11. The Bertz CT molecular complexity index is 875. The largest absolute Gasteiger partial charge is 0.857 e. The molecule has 2 heterocycles. The average molecular weight is 257 g/mol. The van der Waals surface area contributed by atoms with Gasteiger partial charge in [0.2, 0.25) is 0 Å². The van der Waals surface area contributed by atoms with Crippen LogP contribution in [0.3, 0.4) is 0 Å². The third-order valence-electron chi connectivity index (χ3n) is 2.97. The van der Waals surface area contributed by atoms with Gasteiger partial charge in [-0.2, -0.15) is 9.78 Å². The minimum atomic E-state index is -0.460. The molecule has 7 heteroatoms. The van der Waals surface area contributed by atoms with Crippen LogP contribution in [0.2, 0.25) is 0 Å². The lowest BCUT2D eigenvalue weighted by atomic mass is 10.3. The molecule has 0 aliphatic heterocycles. The lowest BCUT2D eigenvalue weighted by Gasteiger charge is -2.08. The number of aromatic nitrogens is 4. The maximum atomic E-state index is 12.0. The number of aryl methyl sites for hydroxylation is 1. The molecule has 1 aromatic carbocycles. The number of nitrogens with one attached hydrogen (secondary N) is 1. The van der Waals surface area contributed by atoms with Crippen LogP contribution in [-0.4, -0.2) is 27.4 Å². The first kappa shape index (κ1) is 11.4. The first-order valence-corrected chi connectivity index (χ1v) is 5.67. The van der Waals surface area contributed by atoms with Crippen LogP contribution >= 0.6 is 0 Å². The van der Waals surface area contributed by atoms with E-state index in [1.54, 1.807) is 25.2 Å². The maximum Gasteiger partial charge on any atom is 0.449 e. The summed E-state index contributed by atoms with van der Waals surface area (Å²) in [7, 11) is 3.06. The van der Waals surface area contributed by atoms with Crippen LogP contribution < -0.4 is 15.5 Å². The molecule has 0 aliphatic carbocycles. The molecule has 7 nitrogen and oxygen atoms in total. The van der Waals surface area contributed by atoms with Crippen molar-refractivity contribution in [1.29, 1.82) is 0 Å². The van der Waals surface area contributed by atoms with Gasteiger partial charge in [-0.3, -0.25) is 0 Å². The lowest BCUT2D eigenvalue weighted by Crippen LogP contribution is -2.35. The number of nitrogens with zero attached hydrogens (tertiary/aromatic N) is 4. The third-order valence-corrected chi connectivity index (χ3v) is 2.97. The first-order chi connectivity index (χ1) is 9.13. The van der Waals surface area contributed by atoms with E-state index in [1.807, 2.05) is 6.07 Å². The van der Waals surface area contributed by atoms with E-state index >= 15 is 0 Å². The molecule has 19 heavy (non-hydrogen) atoms. The number of benzene rings is 1. The molecule has 0 spiro atoms. The highest BCUT2D eigenvalue weighted by Crippen LogP contribution is 2.13. The lowest BCUT2D eigenvalue weighted by molar-refractivity contribution is -0.705. The van der Waals surface area contributed by atoms with Crippen LogP contribution in [0.4, 0.5) is 0 Å². The highest BCUT2D eigenvalue weighted by Gasteiger charge is 2.21. The van der Waals surface area contributed by atoms with E-state index in [1.165, 1.54) is 16.1 Å². The zero-order chi connectivity index (χ0) is 13.6. The van der Waals surface area contributed by atoms with Crippen LogP contribution in [0.5, 0.6) is 0 Å². The molecule has 2 aromatic heterocycles. The van der Waals surface area contributed by atoms with Crippen molar-refractivity contribution in [3.8, 4) is 0 Å². The number of para-hydroxylation sites is 2. The molecule has 0 saturated carbocycles. The monoisotopic (exact) mass is 257 g/mol. The number of hydrogen-bond acceptors (Lipinski definition) is 4. The fraction of sp³-hybridized carbons (Fsp3) is 0.167. The van der Waals surface area contributed by atoms with E-state index in [0.717, 1.165) is 0 Å². The summed E-state index contributed by atoms with van der Waals surface area (Å²) in [6.45, 7) is 0. The van der Waals surface area contributed by atoms with Gasteiger partial charge in [0.15, 0.2) is 11.2 Å². The second-order valence-corrected chi connectivity index (χ2v) is 4.11. The van der Waals surface area contributed by atoms with Crippen LogP contribution in [0.25, 0.3) is 16.7 Å². The summed E-state index contributed by atoms with van der Waals surface area (Å²) in [6.07, 6.45) is 0. The van der Waals surface area contributed by atoms with Crippen molar-refractivity contribution >= 4 is 22.6 Å². The van der Waals surface area contributed by atoms with Gasteiger partial charge in [0.25, 0.3) is 0 Å². The van der Waals surface area contributed by atoms with E-state index in [-0.39, 0.29) is 11.4 Å². The standard InChI is InChI=1S/C12H11N5O2/c1-13-10(18)9-11-16(2)15-12(19)17(11)8-6-4-3-5-7(8)14-9/h3-6H,1-2H3,(H-,13,14,15,18,19). The molecule has 3 rings (SSSR count). The van der Waals surface area contributed by atoms with E-state index < -0.39 is 5.90 Å². The molecule has 0 saturated heterocycles. The number of H-pyrrole nitrogens is 1. The Hall–Kier alpha value is -2.70. The van der Waals surface area contributed by atoms with Gasteiger partial charge in [-0.1, -0.05) is 12.1 Å². The number of rotatable bonds is 1. The Morgan fingerprint density at radius 2 is 2.21 bits per heavy atom. The average Bonchev–Trinajstić information content (AvgIpc) is 2.73. The quantitative estimate of drug-likeness (QED) is 0.335. The molecule has 1 N–H and O–H groups in total. The summed E-state index contributed by atoms with van der Waals surface area (Å²) in [5.74, 6) is -0.460. The van der Waals surface area contributed by atoms with Gasteiger partial charge in [0.05, 0.1) is 0 Å². The first-order valence-electron chi connectivity index (χ1n) is 5.67. The Morgan fingerprint density at radius 1 is 1.47 bits per heavy atom. The van der Waals surface area contributed by atoms with Crippen molar-refractivity contribution in [2.75, 3.05) is 7.05 Å². The smallest absolute Gasteiger partial charge is 0.449 e. The maximum absolute atomic E-state index is 12.0. The second kappa shape index (κ2) is 3.91. The SMILES string of the molecule is CN=C([O-])c1nc2ccccc2n2c(=O)[nH][n+](C)c12. The molecule has 0 amide bonds. The van der Waals surface area contributed by atoms with Crippen LogP contribution in [0, 0.1) is 0 Å². The van der Waals surface area contributed by atoms with Gasteiger partial charge in [0, 0.05) is 12.9 Å². The summed E-state index contributed by atoms with van der Waals surface area (Å²) in [4.78, 5) is 19.9. The highest BCUT2D eigenvalue weighted by atomic mass is 16.3. The van der Waals surface area contributed by atoms with Crippen molar-refractivity contribution in [2.45, 2.75) is 0 Å². The van der Waals surface area contributed by atoms with Gasteiger partial charge in [-0.25, -0.2) is 9.78 Å². The third kappa shape index (κ3) is 1.51. The fourth-order valence-corrected chi connectivity index (χ4v) is 2.15. The van der Waals surface area contributed by atoms with Crippen LogP contribution in [0.1, 0.15) is 5.69 Å². The van der Waals surface area contributed by atoms with Gasteiger partial charge in [-0.15, -0.1) is 4.40 Å². The Kier molecular flexibility index (Phi) is 2.34. The van der Waals surface area contributed by atoms with Crippen molar-refractivity contribution in [1.82, 2.24) is 14.5 Å². The van der Waals surface area contributed by atoms with Crippen LogP contribution in [0.15, 0.2) is 34.1 Å². The molecule has 0 atom stereocenters. The van der Waals surface area contributed by atoms with Crippen molar-refractivity contribution in [2.24, 2.45) is 12.0 Å². The van der Waals surface area contributed by atoms with Crippen molar-refractivity contribution < 1.29 is 9.79 Å². The molecule has 0 fully saturated rings. The molecular formula is C12H11N5O2.